The first kappa shape index (κ1) is 15.4. The average Bonchev–Trinajstić information content (AvgIpc) is 2.36. The van der Waals surface area contributed by atoms with Crippen molar-refractivity contribution in [3.05, 3.63) is 35.6 Å². The average molecular weight is 268 g/mol. The lowest BCUT2D eigenvalue weighted by Crippen LogP contribution is -2.44. The zero-order valence-corrected chi connectivity index (χ0v) is 11.5. The number of urea groups is 1. The van der Waals surface area contributed by atoms with Crippen LogP contribution in [0, 0.1) is 11.7 Å². The number of hydrogen-bond donors (Lipinski definition) is 3. The topological polar surface area (TPSA) is 61.4 Å². The summed E-state index contributed by atoms with van der Waals surface area (Å²) in [5, 5.41) is 15.1. The van der Waals surface area contributed by atoms with Crippen LogP contribution in [0.5, 0.6) is 0 Å². The lowest BCUT2D eigenvalue weighted by Gasteiger charge is -2.19. The lowest BCUT2D eigenvalue weighted by molar-refractivity contribution is 0.168. The Balaban J connectivity index is 2.44. The molecule has 0 heterocycles. The van der Waals surface area contributed by atoms with Gasteiger partial charge in [0.1, 0.15) is 5.82 Å². The number of carbonyl (C=O) groups excluding carboxylic acids is 1. The molecule has 19 heavy (non-hydrogen) atoms. The molecule has 0 saturated carbocycles. The highest BCUT2D eigenvalue weighted by molar-refractivity contribution is 5.74. The Bertz CT molecular complexity index is 424. The number of aliphatic hydroxyl groups excluding tert-OH is 1. The Labute approximate surface area is 113 Å². The molecule has 5 heteroatoms. The van der Waals surface area contributed by atoms with Crippen LogP contribution in [0.4, 0.5) is 9.18 Å². The number of rotatable bonds is 5. The largest absolute Gasteiger partial charge is 0.386 e. The van der Waals surface area contributed by atoms with Crippen LogP contribution in [0.2, 0.25) is 0 Å². The molecule has 2 atom stereocenters. The highest BCUT2D eigenvalue weighted by Gasteiger charge is 2.15. The van der Waals surface area contributed by atoms with Gasteiger partial charge in [-0.2, -0.15) is 0 Å². The zero-order chi connectivity index (χ0) is 14.4. The molecule has 0 unspecified atom stereocenters. The van der Waals surface area contributed by atoms with Crippen molar-refractivity contribution in [2.75, 3.05) is 6.54 Å². The van der Waals surface area contributed by atoms with Gasteiger partial charge in [0.15, 0.2) is 0 Å². The van der Waals surface area contributed by atoms with E-state index >= 15 is 0 Å². The maximum Gasteiger partial charge on any atom is 0.315 e. The summed E-state index contributed by atoms with van der Waals surface area (Å²) >= 11 is 0. The number of halogens is 1. The Morgan fingerprint density at radius 3 is 2.53 bits per heavy atom. The molecule has 0 aliphatic heterocycles. The van der Waals surface area contributed by atoms with Gasteiger partial charge in [-0.05, 0) is 18.9 Å². The lowest BCUT2D eigenvalue weighted by atomic mass is 10.1. The highest BCUT2D eigenvalue weighted by Crippen LogP contribution is 2.15. The van der Waals surface area contributed by atoms with Crippen LogP contribution in [0.25, 0.3) is 0 Å². The van der Waals surface area contributed by atoms with Crippen LogP contribution in [0.3, 0.4) is 0 Å². The van der Waals surface area contributed by atoms with Crippen LogP contribution in [-0.4, -0.2) is 23.7 Å². The van der Waals surface area contributed by atoms with E-state index in [0.29, 0.717) is 5.92 Å². The quantitative estimate of drug-likeness (QED) is 0.766. The minimum atomic E-state index is -1.05. The summed E-state index contributed by atoms with van der Waals surface area (Å²) in [7, 11) is 0. The summed E-state index contributed by atoms with van der Waals surface area (Å²) < 4.78 is 13.4. The second-order valence-electron chi connectivity index (χ2n) is 4.92. The summed E-state index contributed by atoms with van der Waals surface area (Å²) in [4.78, 5) is 11.6. The van der Waals surface area contributed by atoms with Crippen molar-refractivity contribution in [1.82, 2.24) is 10.6 Å². The standard InChI is InChI=1S/C14H21FN2O2/c1-9(2)10(3)17-14(19)16-8-13(18)11-6-4-5-7-12(11)15/h4-7,9-10,13,18H,8H2,1-3H3,(H2,16,17,19)/t10-,13+/m0/s1. The smallest absolute Gasteiger partial charge is 0.315 e. The Kier molecular flexibility index (Phi) is 5.76. The van der Waals surface area contributed by atoms with Crippen LogP contribution < -0.4 is 10.6 Å². The molecule has 1 rings (SSSR count). The van der Waals surface area contributed by atoms with E-state index in [2.05, 4.69) is 10.6 Å². The molecule has 4 nitrogen and oxygen atoms in total. The van der Waals surface area contributed by atoms with Crippen molar-refractivity contribution in [2.24, 2.45) is 5.92 Å². The molecule has 0 spiro atoms. The van der Waals surface area contributed by atoms with E-state index in [1.807, 2.05) is 20.8 Å². The van der Waals surface area contributed by atoms with Gasteiger partial charge in [0.05, 0.1) is 6.10 Å². The second-order valence-corrected chi connectivity index (χ2v) is 4.92. The molecule has 0 fully saturated rings. The van der Waals surface area contributed by atoms with Crippen molar-refractivity contribution < 1.29 is 14.3 Å². The molecule has 2 amide bonds. The predicted molar refractivity (Wildman–Crippen MR) is 72.2 cm³/mol. The number of hydrogen-bond acceptors (Lipinski definition) is 2. The summed E-state index contributed by atoms with van der Waals surface area (Å²) in [6, 6.07) is 5.64. The van der Waals surface area contributed by atoms with Crippen LogP contribution in [0.15, 0.2) is 24.3 Å². The molecule has 106 valence electrons. The van der Waals surface area contributed by atoms with Gasteiger partial charge in [-0.25, -0.2) is 9.18 Å². The number of nitrogens with one attached hydrogen (secondary N) is 2. The van der Waals surface area contributed by atoms with Gasteiger partial charge in [0, 0.05) is 18.2 Å². The Morgan fingerprint density at radius 2 is 1.95 bits per heavy atom. The molecule has 1 aromatic rings. The molecule has 0 bridgehead atoms. The predicted octanol–water partition coefficient (Wildman–Crippen LogP) is 2.20. The minimum absolute atomic E-state index is 0.0302. The van der Waals surface area contributed by atoms with Gasteiger partial charge >= 0.3 is 6.03 Å². The number of benzene rings is 1. The van der Waals surface area contributed by atoms with Gasteiger partial charge in [0.25, 0.3) is 0 Å². The molecule has 0 radical (unpaired) electrons. The van der Waals surface area contributed by atoms with Crippen LogP contribution in [0.1, 0.15) is 32.4 Å². The van der Waals surface area contributed by atoms with E-state index in [4.69, 9.17) is 0 Å². The molecular weight excluding hydrogens is 247 g/mol. The number of amides is 2. The first-order valence-corrected chi connectivity index (χ1v) is 6.38. The Hall–Kier alpha value is -1.62. The van der Waals surface area contributed by atoms with Crippen molar-refractivity contribution >= 4 is 6.03 Å². The van der Waals surface area contributed by atoms with Gasteiger partial charge in [0.2, 0.25) is 0 Å². The van der Waals surface area contributed by atoms with E-state index in [9.17, 15) is 14.3 Å². The SMILES string of the molecule is CC(C)[C@H](C)NC(=O)NC[C@@H](O)c1ccccc1F. The zero-order valence-electron chi connectivity index (χ0n) is 11.5. The fourth-order valence-electron chi connectivity index (χ4n) is 1.47. The van der Waals surface area contributed by atoms with Crippen molar-refractivity contribution in [2.45, 2.75) is 32.9 Å². The minimum Gasteiger partial charge on any atom is -0.386 e. The molecule has 0 aliphatic carbocycles. The third-order valence-electron chi connectivity index (χ3n) is 3.08. The highest BCUT2D eigenvalue weighted by atomic mass is 19.1. The molecule has 0 aromatic heterocycles. The molecule has 1 aromatic carbocycles. The van der Waals surface area contributed by atoms with Crippen molar-refractivity contribution in [3.8, 4) is 0 Å². The van der Waals surface area contributed by atoms with Gasteiger partial charge in [-0.15, -0.1) is 0 Å². The molecular formula is C14H21FN2O2. The monoisotopic (exact) mass is 268 g/mol. The van der Waals surface area contributed by atoms with E-state index in [0.717, 1.165) is 0 Å². The first-order chi connectivity index (χ1) is 8.91. The summed E-state index contributed by atoms with van der Waals surface area (Å²) in [5.41, 5.74) is 0.180. The maximum atomic E-state index is 13.4. The van der Waals surface area contributed by atoms with E-state index in [1.165, 1.54) is 12.1 Å². The number of aliphatic hydroxyl groups is 1. The van der Waals surface area contributed by atoms with Gasteiger partial charge in [-0.3, -0.25) is 0 Å². The van der Waals surface area contributed by atoms with E-state index in [1.54, 1.807) is 12.1 Å². The summed E-state index contributed by atoms with van der Waals surface area (Å²) in [5.74, 6) is -0.157. The second kappa shape index (κ2) is 7.09. The fourth-order valence-corrected chi connectivity index (χ4v) is 1.47. The third kappa shape index (κ3) is 4.87. The van der Waals surface area contributed by atoms with Gasteiger partial charge < -0.3 is 15.7 Å². The van der Waals surface area contributed by atoms with E-state index < -0.39 is 11.9 Å². The van der Waals surface area contributed by atoms with Crippen molar-refractivity contribution in [1.29, 1.82) is 0 Å². The normalized spacial score (nSPS) is 14.0. The Morgan fingerprint density at radius 1 is 1.32 bits per heavy atom. The summed E-state index contributed by atoms with van der Waals surface area (Å²) in [6.45, 7) is 5.87. The van der Waals surface area contributed by atoms with Crippen LogP contribution in [-0.2, 0) is 0 Å². The third-order valence-corrected chi connectivity index (χ3v) is 3.08. The maximum absolute atomic E-state index is 13.4. The molecule has 0 saturated heterocycles. The fraction of sp³-hybridized carbons (Fsp3) is 0.500. The van der Waals surface area contributed by atoms with Gasteiger partial charge in [-0.1, -0.05) is 32.0 Å². The first-order valence-electron chi connectivity index (χ1n) is 6.38. The van der Waals surface area contributed by atoms with Crippen LogP contribution >= 0.6 is 0 Å². The van der Waals surface area contributed by atoms with Crippen molar-refractivity contribution in [3.63, 3.8) is 0 Å². The molecule has 3 N–H and O–H groups in total. The summed E-state index contributed by atoms with van der Waals surface area (Å²) in [6.07, 6.45) is -1.05. The van der Waals surface area contributed by atoms with E-state index in [-0.39, 0.29) is 24.2 Å². The molecule has 0 aliphatic rings. The number of carbonyl (C=O) groups is 1.